The van der Waals surface area contributed by atoms with E-state index in [0.29, 0.717) is 6.54 Å². The molecule has 0 spiro atoms. The lowest BCUT2D eigenvalue weighted by Crippen LogP contribution is -2.22. The highest BCUT2D eigenvalue weighted by Crippen LogP contribution is 2.20. The lowest BCUT2D eigenvalue weighted by atomic mass is 10.3. The van der Waals surface area contributed by atoms with Crippen LogP contribution < -0.4 is 10.6 Å². The van der Waals surface area contributed by atoms with Crippen molar-refractivity contribution in [2.75, 3.05) is 18.0 Å². The van der Waals surface area contributed by atoms with Crippen LogP contribution in [-0.2, 0) is 0 Å². The van der Waals surface area contributed by atoms with E-state index in [1.54, 1.807) is 12.3 Å². The number of aliphatic hydroxyl groups excluding tert-OH is 1. The maximum atomic E-state index is 10.9. The van der Waals surface area contributed by atoms with Gasteiger partial charge in [-0.1, -0.05) is 0 Å². The lowest BCUT2D eigenvalue weighted by Gasteiger charge is -2.17. The third-order valence-corrected chi connectivity index (χ3v) is 2.52. The number of carbonyl (C=O) groups excluding carboxylic acids is 1. The number of aliphatic hydroxyl groups is 1. The van der Waals surface area contributed by atoms with E-state index in [0.717, 1.165) is 18.7 Å². The van der Waals surface area contributed by atoms with Crippen LogP contribution in [0.1, 0.15) is 16.9 Å². The lowest BCUT2D eigenvalue weighted by molar-refractivity contribution is 0.0995. The van der Waals surface area contributed by atoms with Crippen LogP contribution in [0.15, 0.2) is 18.3 Å². The largest absolute Gasteiger partial charge is 0.391 e. The first-order chi connectivity index (χ1) is 7.16. The Labute approximate surface area is 87.5 Å². The van der Waals surface area contributed by atoms with Gasteiger partial charge in [0.2, 0.25) is 0 Å². The number of anilines is 1. The Morgan fingerprint density at radius 2 is 2.47 bits per heavy atom. The Morgan fingerprint density at radius 1 is 1.67 bits per heavy atom. The average molecular weight is 207 g/mol. The Hall–Kier alpha value is -1.62. The zero-order chi connectivity index (χ0) is 10.8. The Morgan fingerprint density at radius 3 is 3.07 bits per heavy atom. The molecular weight excluding hydrogens is 194 g/mol. The van der Waals surface area contributed by atoms with Crippen LogP contribution in [0.25, 0.3) is 0 Å². The van der Waals surface area contributed by atoms with Gasteiger partial charge in [0.15, 0.2) is 0 Å². The average Bonchev–Trinajstić information content (AvgIpc) is 2.65. The minimum atomic E-state index is -0.531. The quantitative estimate of drug-likeness (QED) is 0.701. The van der Waals surface area contributed by atoms with Gasteiger partial charge in [-0.2, -0.15) is 0 Å². The summed E-state index contributed by atoms with van der Waals surface area (Å²) in [6.07, 6.45) is 2.03. The number of primary amides is 1. The highest BCUT2D eigenvalue weighted by Gasteiger charge is 2.20. The molecule has 1 aromatic rings. The van der Waals surface area contributed by atoms with Crippen molar-refractivity contribution in [3.8, 4) is 0 Å². The number of pyridine rings is 1. The van der Waals surface area contributed by atoms with Gasteiger partial charge in [0.25, 0.3) is 5.91 Å². The molecule has 2 rings (SSSR count). The van der Waals surface area contributed by atoms with Crippen LogP contribution >= 0.6 is 0 Å². The van der Waals surface area contributed by atoms with Crippen LogP contribution in [0.5, 0.6) is 0 Å². The fourth-order valence-corrected chi connectivity index (χ4v) is 1.73. The van der Waals surface area contributed by atoms with Crippen LogP contribution in [0, 0.1) is 0 Å². The maximum absolute atomic E-state index is 10.9. The van der Waals surface area contributed by atoms with E-state index >= 15 is 0 Å². The molecule has 0 radical (unpaired) electrons. The second-order valence-electron chi connectivity index (χ2n) is 3.65. The molecule has 0 aliphatic carbocycles. The van der Waals surface area contributed by atoms with Crippen LogP contribution in [0.3, 0.4) is 0 Å². The van der Waals surface area contributed by atoms with Crippen molar-refractivity contribution in [1.82, 2.24) is 4.98 Å². The van der Waals surface area contributed by atoms with Gasteiger partial charge in [0.1, 0.15) is 5.69 Å². The molecule has 1 saturated heterocycles. The van der Waals surface area contributed by atoms with Gasteiger partial charge in [-0.15, -0.1) is 0 Å². The van der Waals surface area contributed by atoms with Crippen molar-refractivity contribution in [2.45, 2.75) is 12.5 Å². The Kier molecular flexibility index (Phi) is 2.55. The molecule has 3 N–H and O–H groups in total. The fourth-order valence-electron chi connectivity index (χ4n) is 1.73. The number of hydrogen-bond donors (Lipinski definition) is 2. The highest BCUT2D eigenvalue weighted by molar-refractivity contribution is 5.91. The first-order valence-corrected chi connectivity index (χ1v) is 4.85. The zero-order valence-electron chi connectivity index (χ0n) is 8.26. The van der Waals surface area contributed by atoms with E-state index in [1.165, 1.54) is 0 Å². The summed E-state index contributed by atoms with van der Waals surface area (Å²) in [5, 5.41) is 9.39. The van der Waals surface area contributed by atoms with Crippen molar-refractivity contribution in [1.29, 1.82) is 0 Å². The summed E-state index contributed by atoms with van der Waals surface area (Å²) < 4.78 is 0. The number of carbonyl (C=O) groups is 1. The molecule has 1 amide bonds. The molecular formula is C10H13N3O2. The van der Waals surface area contributed by atoms with Crippen LogP contribution in [0.2, 0.25) is 0 Å². The molecule has 0 saturated carbocycles. The molecule has 1 aromatic heterocycles. The third-order valence-electron chi connectivity index (χ3n) is 2.52. The molecule has 15 heavy (non-hydrogen) atoms. The molecule has 0 bridgehead atoms. The number of nitrogens with two attached hydrogens (primary N) is 1. The number of nitrogens with zero attached hydrogens (tertiary/aromatic N) is 2. The van der Waals surface area contributed by atoms with Crippen LogP contribution in [-0.4, -0.2) is 35.2 Å². The first-order valence-electron chi connectivity index (χ1n) is 4.85. The number of β-amino-alcohol motifs (C(OH)–C–C–N with tert-alkyl or cyclic N) is 1. The molecule has 1 aliphatic heterocycles. The van der Waals surface area contributed by atoms with E-state index in [-0.39, 0.29) is 11.8 Å². The highest BCUT2D eigenvalue weighted by atomic mass is 16.3. The van der Waals surface area contributed by atoms with Gasteiger partial charge >= 0.3 is 0 Å². The smallest absolute Gasteiger partial charge is 0.267 e. The van der Waals surface area contributed by atoms with Crippen LogP contribution in [0.4, 0.5) is 5.69 Å². The monoisotopic (exact) mass is 207 g/mol. The summed E-state index contributed by atoms with van der Waals surface area (Å²) in [5.41, 5.74) is 6.28. The number of aromatic nitrogens is 1. The van der Waals surface area contributed by atoms with Gasteiger partial charge < -0.3 is 15.7 Å². The number of hydrogen-bond acceptors (Lipinski definition) is 4. The maximum Gasteiger partial charge on any atom is 0.267 e. The first kappa shape index (κ1) is 9.92. The predicted octanol–water partition coefficient (Wildman–Crippen LogP) is -0.249. The normalized spacial score (nSPS) is 20.6. The van der Waals surface area contributed by atoms with Crippen molar-refractivity contribution in [3.63, 3.8) is 0 Å². The molecule has 80 valence electrons. The molecule has 2 heterocycles. The molecule has 1 aliphatic rings. The number of amides is 1. The zero-order valence-corrected chi connectivity index (χ0v) is 8.26. The predicted molar refractivity (Wildman–Crippen MR) is 55.6 cm³/mol. The molecule has 0 aromatic carbocycles. The van der Waals surface area contributed by atoms with Gasteiger partial charge in [0.05, 0.1) is 6.10 Å². The Balaban J connectivity index is 2.21. The topological polar surface area (TPSA) is 79.5 Å². The second kappa shape index (κ2) is 3.86. The standard InChI is InChI=1S/C10H13N3O2/c11-10(15)9-5-7(1-3-12-9)13-4-2-8(14)6-13/h1,3,5,8,14H,2,4,6H2,(H2,11,15)/t8-/m1/s1. The van der Waals surface area contributed by atoms with E-state index in [9.17, 15) is 9.90 Å². The molecule has 1 fully saturated rings. The van der Waals surface area contributed by atoms with E-state index in [1.807, 2.05) is 11.0 Å². The summed E-state index contributed by atoms with van der Waals surface area (Å²) in [5.74, 6) is -0.531. The van der Waals surface area contributed by atoms with Crippen molar-refractivity contribution >= 4 is 11.6 Å². The van der Waals surface area contributed by atoms with Crippen molar-refractivity contribution < 1.29 is 9.90 Å². The molecule has 1 atom stereocenters. The summed E-state index contributed by atoms with van der Waals surface area (Å²) in [6, 6.07) is 3.46. The van der Waals surface area contributed by atoms with Crippen molar-refractivity contribution in [2.24, 2.45) is 5.73 Å². The minimum Gasteiger partial charge on any atom is -0.391 e. The van der Waals surface area contributed by atoms with E-state index < -0.39 is 5.91 Å². The summed E-state index contributed by atoms with van der Waals surface area (Å²) in [7, 11) is 0. The van der Waals surface area contributed by atoms with E-state index in [4.69, 9.17) is 5.73 Å². The fraction of sp³-hybridized carbons (Fsp3) is 0.400. The molecule has 5 heteroatoms. The van der Waals surface area contributed by atoms with E-state index in [2.05, 4.69) is 4.98 Å². The van der Waals surface area contributed by atoms with Crippen molar-refractivity contribution in [3.05, 3.63) is 24.0 Å². The summed E-state index contributed by atoms with van der Waals surface area (Å²) in [4.78, 5) is 16.8. The second-order valence-corrected chi connectivity index (χ2v) is 3.65. The van der Waals surface area contributed by atoms with Gasteiger partial charge in [0, 0.05) is 25.0 Å². The SMILES string of the molecule is NC(=O)c1cc(N2CC[C@@H](O)C2)ccn1. The van der Waals surface area contributed by atoms with Gasteiger partial charge in [-0.3, -0.25) is 9.78 Å². The summed E-state index contributed by atoms with van der Waals surface area (Å²) in [6.45, 7) is 1.39. The minimum absolute atomic E-state index is 0.258. The molecule has 0 unspecified atom stereocenters. The van der Waals surface area contributed by atoms with Gasteiger partial charge in [-0.05, 0) is 18.6 Å². The Bertz CT molecular complexity index is 381. The third kappa shape index (κ3) is 2.07. The molecule has 5 nitrogen and oxygen atoms in total. The van der Waals surface area contributed by atoms with Gasteiger partial charge in [-0.25, -0.2) is 0 Å². The number of rotatable bonds is 2. The summed E-state index contributed by atoms with van der Waals surface area (Å²) >= 11 is 0.